The Morgan fingerprint density at radius 3 is 1.95 bits per heavy atom. The molecule has 0 fully saturated rings. The largest absolute Gasteiger partial charge is 0.286 e. The van der Waals surface area contributed by atoms with Gasteiger partial charge in [0.2, 0.25) is 5.69 Å². The number of aliphatic imine (C=N–C) groups is 1. The van der Waals surface area contributed by atoms with E-state index in [2.05, 4.69) is 124 Å². The summed E-state index contributed by atoms with van der Waals surface area (Å²) in [5.41, 5.74) is 7.56. The molecule has 0 saturated carbocycles. The van der Waals surface area contributed by atoms with Gasteiger partial charge in [0.25, 0.3) is 10.1 Å². The molecule has 4 aromatic rings. The van der Waals surface area contributed by atoms with Crippen LogP contribution < -0.4 is 0 Å². The van der Waals surface area contributed by atoms with Crippen LogP contribution in [0.4, 0.5) is 11.4 Å². The molecule has 0 aliphatic carbocycles. The first kappa shape index (κ1) is 28.2. The van der Waals surface area contributed by atoms with E-state index in [1.807, 2.05) is 0 Å². The minimum absolute atomic E-state index is 0.0563. The van der Waals surface area contributed by atoms with Gasteiger partial charge < -0.3 is 0 Å². The number of rotatable bonds is 5. The van der Waals surface area contributed by atoms with Gasteiger partial charge in [0, 0.05) is 36.1 Å². The molecule has 0 saturated heterocycles. The van der Waals surface area contributed by atoms with E-state index in [0.717, 1.165) is 18.7 Å². The molecule has 0 bridgehead atoms. The summed E-state index contributed by atoms with van der Waals surface area (Å²) in [5.74, 6) is -0.173. The minimum Gasteiger partial charge on any atom is -0.286 e. The van der Waals surface area contributed by atoms with Crippen molar-refractivity contribution in [1.82, 2.24) is 0 Å². The summed E-state index contributed by atoms with van der Waals surface area (Å²) in [6, 6.07) is 25.6. The van der Waals surface area contributed by atoms with Gasteiger partial charge in [0.15, 0.2) is 5.71 Å². The molecule has 0 amide bonds. The van der Waals surface area contributed by atoms with Crippen LogP contribution in [0.2, 0.25) is 0 Å². The molecule has 5 nitrogen and oxygen atoms in total. The summed E-state index contributed by atoms with van der Waals surface area (Å²) < 4.78 is 32.9. The highest BCUT2D eigenvalue weighted by atomic mass is 32.2. The Hall–Kier alpha value is -3.35. The molecule has 4 aromatic carbocycles. The zero-order valence-corrected chi connectivity index (χ0v) is 25.1. The number of fused-ring (bicyclic) bond motifs is 6. The van der Waals surface area contributed by atoms with E-state index in [4.69, 9.17) is 4.55 Å². The maximum absolute atomic E-state index is 10.9. The van der Waals surface area contributed by atoms with E-state index >= 15 is 0 Å². The molecule has 0 aromatic heterocycles. The van der Waals surface area contributed by atoms with E-state index < -0.39 is 10.1 Å². The lowest BCUT2D eigenvalue weighted by Gasteiger charge is -2.21. The topological polar surface area (TPSA) is 69.7 Å². The van der Waals surface area contributed by atoms with Gasteiger partial charge in [0.05, 0.1) is 16.9 Å². The van der Waals surface area contributed by atoms with Crippen LogP contribution in [0.15, 0.2) is 77.8 Å². The van der Waals surface area contributed by atoms with E-state index in [1.54, 1.807) is 0 Å². The number of hydrogen-bond acceptors (Lipinski definition) is 3. The lowest BCUT2D eigenvalue weighted by atomic mass is 9.80. The summed E-state index contributed by atoms with van der Waals surface area (Å²) in [6.45, 7) is 14.0. The van der Waals surface area contributed by atoms with Gasteiger partial charge >= 0.3 is 0 Å². The maximum Gasteiger partial charge on any atom is 0.264 e. The predicted molar refractivity (Wildman–Crippen MR) is 168 cm³/mol. The van der Waals surface area contributed by atoms with Crippen molar-refractivity contribution in [2.24, 2.45) is 4.99 Å². The zero-order chi connectivity index (χ0) is 28.9. The van der Waals surface area contributed by atoms with Gasteiger partial charge in [-0.15, -0.1) is 0 Å². The highest BCUT2D eigenvalue weighted by molar-refractivity contribution is 7.85. The second-order valence-electron chi connectivity index (χ2n) is 12.0. The predicted octanol–water partition coefficient (Wildman–Crippen LogP) is 8.13. The highest BCUT2D eigenvalue weighted by Gasteiger charge is 2.44. The highest BCUT2D eigenvalue weighted by Crippen LogP contribution is 2.45. The summed E-state index contributed by atoms with van der Waals surface area (Å²) in [5, 5.41) is 5.16. The zero-order valence-electron chi connectivity index (χ0n) is 24.3. The van der Waals surface area contributed by atoms with Gasteiger partial charge in [-0.25, -0.2) is 0 Å². The van der Waals surface area contributed by atoms with Gasteiger partial charge in [-0.1, -0.05) is 68.4 Å². The smallest absolute Gasteiger partial charge is 0.264 e. The van der Waals surface area contributed by atoms with E-state index in [0.29, 0.717) is 6.42 Å². The van der Waals surface area contributed by atoms with E-state index in [9.17, 15) is 8.42 Å². The molecular formula is C34H39N2O3S+. The van der Waals surface area contributed by atoms with Crippen LogP contribution in [-0.2, 0) is 20.9 Å². The molecule has 2 aliphatic rings. The third-order valence-corrected chi connectivity index (χ3v) is 9.70. The Balaban J connectivity index is 0.000000174. The van der Waals surface area contributed by atoms with E-state index in [1.165, 1.54) is 49.8 Å². The molecule has 0 atom stereocenters. The Morgan fingerprint density at radius 1 is 0.750 bits per heavy atom. The molecule has 6 heteroatoms. The normalized spacial score (nSPS) is 16.9. The summed E-state index contributed by atoms with van der Waals surface area (Å²) >= 11 is 0. The van der Waals surface area contributed by atoms with Crippen molar-refractivity contribution < 1.29 is 17.5 Å². The summed E-state index contributed by atoms with van der Waals surface area (Å²) in [7, 11) is -3.87. The number of hydrogen-bond donors (Lipinski definition) is 1. The van der Waals surface area contributed by atoms with Crippen molar-refractivity contribution in [2.45, 2.75) is 65.2 Å². The van der Waals surface area contributed by atoms with Gasteiger partial charge in [-0.2, -0.15) is 13.0 Å². The van der Waals surface area contributed by atoms with Crippen LogP contribution in [0.5, 0.6) is 0 Å². The van der Waals surface area contributed by atoms with Crippen molar-refractivity contribution >= 4 is 54.5 Å². The minimum atomic E-state index is -3.87. The van der Waals surface area contributed by atoms with Crippen LogP contribution in [0.25, 0.3) is 21.5 Å². The van der Waals surface area contributed by atoms with Crippen LogP contribution in [-0.4, -0.2) is 41.3 Å². The average Bonchev–Trinajstić information content (AvgIpc) is 3.26. The molecule has 0 radical (unpaired) electrons. The first-order valence-corrected chi connectivity index (χ1v) is 15.6. The van der Waals surface area contributed by atoms with Crippen LogP contribution in [0.1, 0.15) is 65.5 Å². The molecule has 0 spiro atoms. The molecular weight excluding hydrogens is 516 g/mol. The van der Waals surface area contributed by atoms with Crippen molar-refractivity contribution in [3.05, 3.63) is 83.9 Å². The molecule has 1 N–H and O–H groups in total. The summed E-state index contributed by atoms with van der Waals surface area (Å²) in [6.07, 6.45) is 1.19. The van der Waals surface area contributed by atoms with Crippen molar-refractivity contribution in [2.75, 3.05) is 12.3 Å². The fourth-order valence-electron chi connectivity index (χ4n) is 6.19. The Labute approximate surface area is 238 Å². The molecule has 2 heterocycles. The van der Waals surface area contributed by atoms with Gasteiger partial charge in [-0.05, 0) is 66.4 Å². The summed E-state index contributed by atoms with van der Waals surface area (Å²) in [4.78, 5) is 4.67. The average molecular weight is 556 g/mol. The fourth-order valence-corrected chi connectivity index (χ4v) is 6.76. The molecule has 40 heavy (non-hydrogen) atoms. The van der Waals surface area contributed by atoms with Gasteiger partial charge in [-0.3, -0.25) is 9.55 Å². The Morgan fingerprint density at radius 2 is 1.32 bits per heavy atom. The monoisotopic (exact) mass is 555 g/mol. The van der Waals surface area contributed by atoms with Crippen molar-refractivity contribution in [3.63, 3.8) is 0 Å². The van der Waals surface area contributed by atoms with Crippen molar-refractivity contribution in [1.29, 1.82) is 0 Å². The first-order valence-electron chi connectivity index (χ1n) is 14.0. The second kappa shape index (κ2) is 10.2. The maximum atomic E-state index is 10.9. The van der Waals surface area contributed by atoms with Crippen LogP contribution in [0.3, 0.4) is 0 Å². The molecule has 2 aliphatic heterocycles. The van der Waals surface area contributed by atoms with Gasteiger partial charge in [0.1, 0.15) is 6.54 Å². The SMILES string of the molecule is CC1=Nc2ccc3ccccc3c2C1(C)C.CC1=[N+](CCCCS(=O)(=O)O)c2ccc3ccccc3c2C1(C)C. The van der Waals surface area contributed by atoms with Crippen LogP contribution >= 0.6 is 0 Å². The quantitative estimate of drug-likeness (QED) is 0.154. The number of nitrogens with zero attached hydrogens (tertiary/aromatic N) is 2. The number of benzene rings is 4. The lowest BCUT2D eigenvalue weighted by molar-refractivity contribution is -0.439. The van der Waals surface area contributed by atoms with E-state index in [-0.39, 0.29) is 16.6 Å². The first-order chi connectivity index (χ1) is 18.8. The fraction of sp³-hybridized carbons (Fsp3) is 0.353. The van der Waals surface area contributed by atoms with Crippen molar-refractivity contribution in [3.8, 4) is 0 Å². The molecule has 6 rings (SSSR count). The third kappa shape index (κ3) is 4.99. The third-order valence-electron chi connectivity index (χ3n) is 8.89. The molecule has 0 unspecified atom stereocenters. The van der Waals surface area contributed by atoms with Crippen LogP contribution in [0, 0.1) is 0 Å². The Kier molecular flexibility index (Phi) is 7.22. The Bertz CT molecular complexity index is 1800. The standard InChI is InChI=1S/C19H23NO3S.C15H15N/c1-14-19(2,3)18-16-9-5-4-8-15(16)10-11-17(18)20(14)12-6-7-13-24(21,22)23;1-10-15(2,3)14-12-7-5-4-6-11(12)8-9-13(14)16-10/h4-5,8-11H,6-7,12-13H2,1-3H3;4-9H,1-3H3/p+1. The second-order valence-corrected chi connectivity index (χ2v) is 13.6. The molecule has 208 valence electrons. The number of unbranched alkanes of at least 4 members (excludes halogenated alkanes) is 1. The lowest BCUT2D eigenvalue weighted by Crippen LogP contribution is -2.27.